The maximum atomic E-state index is 12.0. The van der Waals surface area contributed by atoms with Crippen LogP contribution in [-0.4, -0.2) is 50.9 Å². The third-order valence-corrected chi connectivity index (χ3v) is 5.38. The molecule has 2 N–H and O–H groups in total. The second-order valence-corrected chi connectivity index (χ2v) is 7.20. The molecule has 2 aromatic rings. The summed E-state index contributed by atoms with van der Waals surface area (Å²) in [6, 6.07) is 7.41. The van der Waals surface area contributed by atoms with Gasteiger partial charge in [-0.3, -0.25) is 9.59 Å². The SMILES string of the molecule is O=C(CN1CSCC1=O)NCc1cccc(-c2nc(C(=O)O)cs2)c1. The number of hydrogen-bond donors (Lipinski definition) is 2. The summed E-state index contributed by atoms with van der Waals surface area (Å²) < 4.78 is 0. The minimum absolute atomic E-state index is 0.0137. The molecule has 7 nitrogen and oxygen atoms in total. The van der Waals surface area contributed by atoms with E-state index in [0.29, 0.717) is 23.2 Å². The van der Waals surface area contributed by atoms with Gasteiger partial charge in [-0.1, -0.05) is 18.2 Å². The maximum absolute atomic E-state index is 12.0. The number of rotatable bonds is 6. The molecule has 0 radical (unpaired) electrons. The van der Waals surface area contributed by atoms with Crippen molar-refractivity contribution in [2.24, 2.45) is 0 Å². The summed E-state index contributed by atoms with van der Waals surface area (Å²) in [6.07, 6.45) is 0. The number of aromatic carboxylic acids is 1. The van der Waals surface area contributed by atoms with Crippen molar-refractivity contribution < 1.29 is 19.5 Å². The maximum Gasteiger partial charge on any atom is 0.355 e. The molecule has 130 valence electrons. The van der Waals surface area contributed by atoms with Gasteiger partial charge in [0.2, 0.25) is 11.8 Å². The predicted octanol–water partition coefficient (Wildman–Crippen LogP) is 1.66. The predicted molar refractivity (Wildman–Crippen MR) is 95.4 cm³/mol. The molecule has 1 fully saturated rings. The van der Waals surface area contributed by atoms with E-state index in [4.69, 9.17) is 5.11 Å². The summed E-state index contributed by atoms with van der Waals surface area (Å²) in [5.74, 6) is -0.288. The van der Waals surface area contributed by atoms with Crippen molar-refractivity contribution >= 4 is 40.9 Å². The van der Waals surface area contributed by atoms with Crippen LogP contribution < -0.4 is 5.32 Å². The van der Waals surface area contributed by atoms with Crippen LogP contribution in [0.2, 0.25) is 0 Å². The number of carboxylic acid groups (broad SMARTS) is 1. The summed E-state index contributed by atoms with van der Waals surface area (Å²) in [5.41, 5.74) is 1.70. The monoisotopic (exact) mass is 377 g/mol. The van der Waals surface area contributed by atoms with Gasteiger partial charge in [-0.2, -0.15) is 0 Å². The Morgan fingerprint density at radius 1 is 1.36 bits per heavy atom. The van der Waals surface area contributed by atoms with Gasteiger partial charge in [-0.05, 0) is 11.6 Å². The van der Waals surface area contributed by atoms with Crippen LogP contribution in [0, 0.1) is 0 Å². The van der Waals surface area contributed by atoms with Crippen molar-refractivity contribution in [2.75, 3.05) is 18.2 Å². The average Bonchev–Trinajstić information content (AvgIpc) is 3.23. The Labute approximate surface area is 152 Å². The molecule has 0 atom stereocenters. The van der Waals surface area contributed by atoms with Crippen molar-refractivity contribution in [1.82, 2.24) is 15.2 Å². The Morgan fingerprint density at radius 3 is 2.88 bits per heavy atom. The van der Waals surface area contributed by atoms with E-state index in [1.165, 1.54) is 33.4 Å². The Morgan fingerprint density at radius 2 is 2.20 bits per heavy atom. The van der Waals surface area contributed by atoms with E-state index in [-0.39, 0.29) is 24.1 Å². The van der Waals surface area contributed by atoms with Gasteiger partial charge in [-0.25, -0.2) is 9.78 Å². The first-order valence-electron chi connectivity index (χ1n) is 7.43. The molecular formula is C16H15N3O4S2. The number of benzene rings is 1. The second-order valence-electron chi connectivity index (χ2n) is 5.39. The Hall–Kier alpha value is -2.39. The molecule has 25 heavy (non-hydrogen) atoms. The lowest BCUT2D eigenvalue weighted by atomic mass is 10.1. The minimum atomic E-state index is -1.06. The molecule has 1 aromatic carbocycles. The molecule has 0 spiro atoms. The fourth-order valence-electron chi connectivity index (χ4n) is 2.29. The zero-order valence-electron chi connectivity index (χ0n) is 13.1. The van der Waals surface area contributed by atoms with Gasteiger partial charge >= 0.3 is 5.97 Å². The first kappa shape index (κ1) is 17.4. The van der Waals surface area contributed by atoms with Gasteiger partial charge < -0.3 is 15.3 Å². The Kier molecular flexibility index (Phi) is 5.34. The van der Waals surface area contributed by atoms with Gasteiger partial charge in [0.1, 0.15) is 11.6 Å². The van der Waals surface area contributed by atoms with E-state index in [1.807, 2.05) is 24.3 Å². The van der Waals surface area contributed by atoms with Crippen LogP contribution in [0.5, 0.6) is 0 Å². The number of aromatic nitrogens is 1. The van der Waals surface area contributed by atoms with Crippen LogP contribution in [0.3, 0.4) is 0 Å². The second kappa shape index (κ2) is 7.66. The van der Waals surface area contributed by atoms with E-state index in [9.17, 15) is 14.4 Å². The number of thiazole rings is 1. The topological polar surface area (TPSA) is 99.6 Å². The number of thioether (sulfide) groups is 1. The van der Waals surface area contributed by atoms with Gasteiger partial charge in [0.05, 0.1) is 11.6 Å². The van der Waals surface area contributed by atoms with Gasteiger partial charge in [0, 0.05) is 17.5 Å². The summed E-state index contributed by atoms with van der Waals surface area (Å²) >= 11 is 2.76. The lowest BCUT2D eigenvalue weighted by Crippen LogP contribution is -2.37. The van der Waals surface area contributed by atoms with Gasteiger partial charge in [-0.15, -0.1) is 23.1 Å². The number of nitrogens with one attached hydrogen (secondary N) is 1. The molecular weight excluding hydrogens is 362 g/mol. The van der Waals surface area contributed by atoms with E-state index in [2.05, 4.69) is 10.3 Å². The first-order chi connectivity index (χ1) is 12.0. The Bertz CT molecular complexity index is 821. The molecule has 0 saturated carbocycles. The number of hydrogen-bond acceptors (Lipinski definition) is 6. The molecule has 1 aromatic heterocycles. The fraction of sp³-hybridized carbons (Fsp3) is 0.250. The number of nitrogens with zero attached hydrogens (tertiary/aromatic N) is 2. The van der Waals surface area contributed by atoms with Gasteiger partial charge in [0.25, 0.3) is 0 Å². The highest BCUT2D eigenvalue weighted by Gasteiger charge is 2.22. The van der Waals surface area contributed by atoms with Crippen LogP contribution in [0.4, 0.5) is 0 Å². The van der Waals surface area contributed by atoms with Gasteiger partial charge in [0.15, 0.2) is 5.69 Å². The Balaban J connectivity index is 1.60. The summed E-state index contributed by atoms with van der Waals surface area (Å²) in [7, 11) is 0. The lowest BCUT2D eigenvalue weighted by Gasteiger charge is -2.14. The fourth-order valence-corrected chi connectivity index (χ4v) is 3.98. The average molecular weight is 377 g/mol. The molecule has 0 bridgehead atoms. The van der Waals surface area contributed by atoms with Crippen molar-refractivity contribution in [3.8, 4) is 10.6 Å². The van der Waals surface area contributed by atoms with Crippen molar-refractivity contribution in [3.05, 3.63) is 40.9 Å². The molecule has 1 aliphatic rings. The largest absolute Gasteiger partial charge is 0.476 e. The van der Waals surface area contributed by atoms with E-state index in [1.54, 1.807) is 0 Å². The van der Waals surface area contributed by atoms with Crippen LogP contribution in [0.15, 0.2) is 29.6 Å². The summed E-state index contributed by atoms with van der Waals surface area (Å²) in [4.78, 5) is 40.0. The van der Waals surface area contributed by atoms with Crippen LogP contribution in [0.25, 0.3) is 10.6 Å². The molecule has 0 aliphatic carbocycles. The third-order valence-electron chi connectivity index (χ3n) is 3.55. The smallest absolute Gasteiger partial charge is 0.355 e. The zero-order valence-corrected chi connectivity index (χ0v) is 14.7. The van der Waals surface area contributed by atoms with Crippen molar-refractivity contribution in [1.29, 1.82) is 0 Å². The van der Waals surface area contributed by atoms with Crippen LogP contribution in [0.1, 0.15) is 16.1 Å². The van der Waals surface area contributed by atoms with Crippen molar-refractivity contribution in [2.45, 2.75) is 6.54 Å². The van der Waals surface area contributed by atoms with Crippen LogP contribution >= 0.6 is 23.1 Å². The highest BCUT2D eigenvalue weighted by atomic mass is 32.2. The zero-order chi connectivity index (χ0) is 17.8. The molecule has 9 heteroatoms. The normalized spacial score (nSPS) is 13.9. The summed E-state index contributed by atoms with van der Waals surface area (Å²) in [5, 5.41) is 13.9. The molecule has 3 rings (SSSR count). The minimum Gasteiger partial charge on any atom is -0.476 e. The molecule has 1 aliphatic heterocycles. The van der Waals surface area contributed by atoms with Crippen molar-refractivity contribution in [3.63, 3.8) is 0 Å². The molecule has 1 saturated heterocycles. The summed E-state index contributed by atoms with van der Waals surface area (Å²) in [6.45, 7) is 0.402. The highest BCUT2D eigenvalue weighted by Crippen LogP contribution is 2.24. The molecule has 2 amide bonds. The number of carboxylic acids is 1. The van der Waals surface area contributed by atoms with E-state index in [0.717, 1.165) is 11.1 Å². The number of carbonyl (C=O) groups excluding carboxylic acids is 2. The first-order valence-corrected chi connectivity index (χ1v) is 9.47. The standard InChI is InChI=1S/C16H15N3O4S2/c20-13(6-19-9-24-8-14(19)21)17-5-10-2-1-3-11(4-10)15-18-12(7-25-15)16(22)23/h1-4,7H,5-6,8-9H2,(H,17,20)(H,22,23). The number of carbonyl (C=O) groups is 3. The third kappa shape index (κ3) is 4.37. The molecule has 2 heterocycles. The number of amides is 2. The quantitative estimate of drug-likeness (QED) is 0.794. The van der Waals surface area contributed by atoms with Crippen LogP contribution in [-0.2, 0) is 16.1 Å². The van der Waals surface area contributed by atoms with E-state index >= 15 is 0 Å². The molecule has 0 unspecified atom stereocenters. The highest BCUT2D eigenvalue weighted by molar-refractivity contribution is 8.00. The van der Waals surface area contributed by atoms with E-state index < -0.39 is 5.97 Å². The lowest BCUT2D eigenvalue weighted by molar-refractivity contribution is -0.132.